The summed E-state index contributed by atoms with van der Waals surface area (Å²) < 4.78 is 1.45. The van der Waals surface area contributed by atoms with Gasteiger partial charge in [0.2, 0.25) is 0 Å². The second-order valence-corrected chi connectivity index (χ2v) is 8.35. The van der Waals surface area contributed by atoms with E-state index in [2.05, 4.69) is 15.5 Å². The van der Waals surface area contributed by atoms with Crippen molar-refractivity contribution in [1.29, 1.82) is 0 Å². The molecule has 5 rings (SSSR count). The molecule has 0 spiro atoms. The first-order valence-corrected chi connectivity index (χ1v) is 10.8. The molecule has 1 aromatic carbocycles. The van der Waals surface area contributed by atoms with Crippen LogP contribution in [0.15, 0.2) is 45.9 Å². The van der Waals surface area contributed by atoms with Crippen molar-refractivity contribution in [3.8, 4) is 11.1 Å². The van der Waals surface area contributed by atoms with E-state index >= 15 is 0 Å². The number of aromatic nitrogens is 3. The number of amides is 2. The van der Waals surface area contributed by atoms with Gasteiger partial charge in [-0.2, -0.15) is 16.4 Å². The van der Waals surface area contributed by atoms with E-state index in [0.29, 0.717) is 41.5 Å². The lowest BCUT2D eigenvalue weighted by molar-refractivity contribution is 0.0890. The number of carboxylic acid groups (broad SMARTS) is 1. The molecule has 158 valence electrons. The fraction of sp³-hybridized carbons (Fsp3) is 0.238. The summed E-state index contributed by atoms with van der Waals surface area (Å²) in [6, 6.07) is 8.94. The van der Waals surface area contributed by atoms with Crippen molar-refractivity contribution >= 4 is 39.9 Å². The Kier molecular flexibility index (Phi) is 4.70. The number of fused-ring (bicyclic) bond motifs is 3. The number of pyridine rings is 1. The number of nitrogens with zero attached hydrogens (tertiary/aromatic N) is 3. The molecule has 0 bridgehead atoms. The molecule has 0 aliphatic carbocycles. The van der Waals surface area contributed by atoms with Gasteiger partial charge in [-0.05, 0) is 52.9 Å². The number of aromatic amines is 1. The maximum atomic E-state index is 13.2. The zero-order valence-electron chi connectivity index (χ0n) is 16.4. The number of piperidine rings is 1. The first-order valence-electron chi connectivity index (χ1n) is 9.86. The largest absolute Gasteiger partial charge is 0.465 e. The minimum Gasteiger partial charge on any atom is -0.465 e. The summed E-state index contributed by atoms with van der Waals surface area (Å²) in [5.41, 5.74) is 2.92. The Balaban J connectivity index is 1.57. The minimum atomic E-state index is -0.984. The van der Waals surface area contributed by atoms with E-state index in [1.165, 1.54) is 9.30 Å². The van der Waals surface area contributed by atoms with Crippen LogP contribution in [0.2, 0.25) is 0 Å². The van der Waals surface area contributed by atoms with Gasteiger partial charge in [0.25, 0.3) is 5.91 Å². The predicted molar refractivity (Wildman–Crippen MR) is 117 cm³/mol. The number of carbonyl (C=O) groups is 2. The molecule has 4 aromatic rings. The number of likely N-dealkylation sites (tertiary alicyclic amines) is 1. The van der Waals surface area contributed by atoms with E-state index in [4.69, 9.17) is 0 Å². The summed E-state index contributed by atoms with van der Waals surface area (Å²) in [7, 11) is 0. The summed E-state index contributed by atoms with van der Waals surface area (Å²) in [6.07, 6.45) is 0.415. The van der Waals surface area contributed by atoms with Crippen molar-refractivity contribution in [3.05, 3.63) is 57.1 Å². The van der Waals surface area contributed by atoms with Crippen LogP contribution in [-0.2, 0) is 0 Å². The average molecular weight is 437 g/mol. The average Bonchev–Trinajstić information content (AvgIpc) is 3.43. The maximum Gasteiger partial charge on any atom is 0.407 e. The number of nitrogens with one attached hydrogen (secondary N) is 2. The third-order valence-corrected chi connectivity index (χ3v) is 6.31. The second-order valence-electron chi connectivity index (χ2n) is 7.57. The second kappa shape index (κ2) is 7.55. The van der Waals surface area contributed by atoms with E-state index in [1.807, 2.05) is 35.0 Å². The zero-order chi connectivity index (χ0) is 21.5. The molecular weight excluding hydrogens is 418 g/mol. The number of H-pyrrole nitrogens is 1. The molecule has 1 saturated heterocycles. The molecule has 1 aliphatic heterocycles. The van der Waals surface area contributed by atoms with Gasteiger partial charge in [0.15, 0.2) is 5.65 Å². The van der Waals surface area contributed by atoms with Gasteiger partial charge >= 0.3 is 11.8 Å². The first kappa shape index (κ1) is 19.3. The summed E-state index contributed by atoms with van der Waals surface area (Å²) in [5, 5.41) is 23.3. The van der Waals surface area contributed by atoms with Crippen molar-refractivity contribution in [3.63, 3.8) is 0 Å². The lowest BCUT2D eigenvalue weighted by Gasteiger charge is -2.31. The molecule has 0 saturated carbocycles. The van der Waals surface area contributed by atoms with Crippen molar-refractivity contribution in [2.24, 2.45) is 0 Å². The van der Waals surface area contributed by atoms with Gasteiger partial charge in [0.05, 0.1) is 11.1 Å². The summed E-state index contributed by atoms with van der Waals surface area (Å²) >= 11 is 1.58. The fourth-order valence-corrected chi connectivity index (χ4v) is 4.78. The highest BCUT2D eigenvalue weighted by atomic mass is 32.1. The Hall–Kier alpha value is -3.66. The Labute approximate surface area is 179 Å². The van der Waals surface area contributed by atoms with Crippen LogP contribution in [0.25, 0.3) is 27.7 Å². The van der Waals surface area contributed by atoms with Gasteiger partial charge < -0.3 is 15.3 Å². The number of rotatable bonds is 3. The molecule has 1 atom stereocenters. The van der Waals surface area contributed by atoms with Crippen molar-refractivity contribution in [2.45, 2.75) is 18.9 Å². The first-order chi connectivity index (χ1) is 15.0. The molecule has 4 heterocycles. The topological polar surface area (TPSA) is 120 Å². The predicted octanol–water partition coefficient (Wildman–Crippen LogP) is 2.78. The van der Waals surface area contributed by atoms with E-state index < -0.39 is 6.09 Å². The highest BCUT2D eigenvalue weighted by molar-refractivity contribution is 7.08. The van der Waals surface area contributed by atoms with Crippen molar-refractivity contribution in [2.75, 3.05) is 13.1 Å². The molecule has 31 heavy (non-hydrogen) atoms. The highest BCUT2D eigenvalue weighted by Gasteiger charge is 2.26. The van der Waals surface area contributed by atoms with Crippen LogP contribution in [0.3, 0.4) is 0 Å². The molecule has 3 aromatic heterocycles. The SMILES string of the molecule is O=C(N[C@H]1CCCN(C(=O)O)C1)c1cc2n[nH]c(=O)n2c2cc(-c3ccsc3)ccc12. The normalized spacial score (nSPS) is 16.6. The maximum absolute atomic E-state index is 13.2. The Morgan fingerprint density at radius 2 is 2.10 bits per heavy atom. The monoisotopic (exact) mass is 437 g/mol. The number of carbonyl (C=O) groups excluding carboxylic acids is 1. The van der Waals surface area contributed by atoms with Crippen LogP contribution < -0.4 is 11.0 Å². The Bertz CT molecular complexity index is 1360. The van der Waals surface area contributed by atoms with Crippen molar-refractivity contribution in [1.82, 2.24) is 24.8 Å². The number of thiophene rings is 1. The Morgan fingerprint density at radius 1 is 1.23 bits per heavy atom. The third kappa shape index (κ3) is 3.44. The van der Waals surface area contributed by atoms with Gasteiger partial charge in [0.1, 0.15) is 0 Å². The van der Waals surface area contributed by atoms with Crippen LogP contribution in [0, 0.1) is 0 Å². The summed E-state index contributed by atoms with van der Waals surface area (Å²) in [4.78, 5) is 38.1. The van der Waals surface area contributed by atoms with Crippen LogP contribution >= 0.6 is 11.3 Å². The smallest absolute Gasteiger partial charge is 0.407 e. The third-order valence-electron chi connectivity index (χ3n) is 5.63. The van der Waals surface area contributed by atoms with Crippen LogP contribution in [0.4, 0.5) is 4.79 Å². The van der Waals surface area contributed by atoms with Crippen LogP contribution in [0.5, 0.6) is 0 Å². The van der Waals surface area contributed by atoms with Gasteiger partial charge in [-0.25, -0.2) is 19.1 Å². The van der Waals surface area contributed by atoms with E-state index in [0.717, 1.165) is 11.1 Å². The van der Waals surface area contributed by atoms with E-state index in [1.54, 1.807) is 17.4 Å². The van der Waals surface area contributed by atoms with E-state index in [-0.39, 0.29) is 24.2 Å². The molecule has 0 radical (unpaired) electrons. The lowest BCUT2D eigenvalue weighted by atomic mass is 10.0. The molecular formula is C21H19N5O4S. The number of hydrogen-bond donors (Lipinski definition) is 3. The number of hydrogen-bond acceptors (Lipinski definition) is 5. The molecule has 2 amide bonds. The van der Waals surface area contributed by atoms with Gasteiger partial charge in [-0.15, -0.1) is 0 Å². The Morgan fingerprint density at radius 3 is 2.87 bits per heavy atom. The van der Waals surface area contributed by atoms with Gasteiger partial charge in [-0.3, -0.25) is 4.79 Å². The molecule has 1 fully saturated rings. The highest BCUT2D eigenvalue weighted by Crippen LogP contribution is 2.28. The van der Waals surface area contributed by atoms with Gasteiger partial charge in [-0.1, -0.05) is 12.1 Å². The summed E-state index contributed by atoms with van der Waals surface area (Å²) in [5.74, 6) is -0.316. The molecule has 1 aliphatic rings. The van der Waals surface area contributed by atoms with Crippen molar-refractivity contribution < 1.29 is 14.7 Å². The standard InChI is InChI=1S/C21H19N5O4S/c27-19(22-14-2-1-6-25(10-14)21(29)30)16-9-18-23-24-20(28)26(18)17-8-12(3-4-15(16)17)13-5-7-31-11-13/h3-5,7-9,11,14H,1-2,6,10H2,(H,22,27)(H,24,28)(H,29,30)/t14-/m0/s1. The number of benzene rings is 1. The van der Waals surface area contributed by atoms with Crippen LogP contribution in [-0.4, -0.2) is 55.7 Å². The van der Waals surface area contributed by atoms with Gasteiger partial charge in [0, 0.05) is 24.5 Å². The zero-order valence-corrected chi connectivity index (χ0v) is 17.2. The van der Waals surface area contributed by atoms with E-state index in [9.17, 15) is 19.5 Å². The summed E-state index contributed by atoms with van der Waals surface area (Å²) in [6.45, 7) is 0.726. The molecule has 10 heteroatoms. The molecule has 3 N–H and O–H groups in total. The molecule has 0 unspecified atom stereocenters. The molecule has 9 nitrogen and oxygen atoms in total. The lowest BCUT2D eigenvalue weighted by Crippen LogP contribution is -2.49. The quantitative estimate of drug-likeness (QED) is 0.455. The fourth-order valence-electron chi connectivity index (χ4n) is 4.12. The van der Waals surface area contributed by atoms with Crippen LogP contribution in [0.1, 0.15) is 23.2 Å². The minimum absolute atomic E-state index is 0.255.